The van der Waals surface area contributed by atoms with E-state index in [-0.39, 0.29) is 31.0 Å². The Bertz CT molecular complexity index is 290. The van der Waals surface area contributed by atoms with Gasteiger partial charge in [0.2, 0.25) is 5.79 Å². The summed E-state index contributed by atoms with van der Waals surface area (Å²) in [5.74, 6) is -6.27. The molecule has 0 saturated heterocycles. The first-order valence-electron chi connectivity index (χ1n) is 6.63. The molecule has 3 nitrogen and oxygen atoms in total. The van der Waals surface area contributed by atoms with Crippen molar-refractivity contribution in [3.05, 3.63) is 0 Å². The van der Waals surface area contributed by atoms with Gasteiger partial charge >= 0.3 is 0 Å². The summed E-state index contributed by atoms with van der Waals surface area (Å²) in [5, 5.41) is 19.0. The Morgan fingerprint density at radius 2 is 2.00 bits per heavy atom. The SMILES string of the molecule is CCCCC(F)(F)C(O)(O)CCC1CCC(=O)C1. The highest BCUT2D eigenvalue weighted by Crippen LogP contribution is 2.37. The molecule has 0 aromatic carbocycles. The fourth-order valence-electron chi connectivity index (χ4n) is 2.32. The maximum atomic E-state index is 13.6. The lowest BCUT2D eigenvalue weighted by Crippen LogP contribution is -2.48. The van der Waals surface area contributed by atoms with Crippen molar-refractivity contribution in [2.24, 2.45) is 5.92 Å². The molecule has 18 heavy (non-hydrogen) atoms. The van der Waals surface area contributed by atoms with E-state index in [1.165, 1.54) is 0 Å². The highest BCUT2D eigenvalue weighted by molar-refractivity contribution is 5.80. The fraction of sp³-hybridized carbons (Fsp3) is 0.923. The second kappa shape index (κ2) is 6.06. The van der Waals surface area contributed by atoms with Crippen molar-refractivity contribution in [1.29, 1.82) is 0 Å². The Labute approximate surface area is 106 Å². The maximum Gasteiger partial charge on any atom is 0.300 e. The topological polar surface area (TPSA) is 57.5 Å². The van der Waals surface area contributed by atoms with Crippen molar-refractivity contribution in [1.82, 2.24) is 0 Å². The summed E-state index contributed by atoms with van der Waals surface area (Å²) in [6, 6.07) is 0. The number of hydrogen-bond acceptors (Lipinski definition) is 3. The lowest BCUT2D eigenvalue weighted by Gasteiger charge is -2.31. The van der Waals surface area contributed by atoms with Crippen LogP contribution in [-0.2, 0) is 4.79 Å². The molecule has 106 valence electrons. The van der Waals surface area contributed by atoms with Crippen molar-refractivity contribution in [3.63, 3.8) is 0 Å². The average Bonchev–Trinajstić information content (AvgIpc) is 2.70. The van der Waals surface area contributed by atoms with Crippen LogP contribution in [0.1, 0.15) is 58.3 Å². The van der Waals surface area contributed by atoms with Crippen LogP contribution in [0, 0.1) is 5.92 Å². The quantitative estimate of drug-likeness (QED) is 0.695. The number of alkyl halides is 2. The molecule has 0 aromatic heterocycles. The molecule has 1 saturated carbocycles. The fourth-order valence-corrected chi connectivity index (χ4v) is 2.32. The standard InChI is InChI=1S/C13H22F2O3/c1-2-3-7-12(14,15)13(17,18)8-6-10-4-5-11(16)9-10/h10,17-18H,2-9H2,1H3. The predicted octanol–water partition coefficient (Wildman–Crippen LogP) is 2.64. The molecule has 1 fully saturated rings. The number of Topliss-reactive ketones (excluding diaryl/α,β-unsaturated/α-hetero) is 1. The van der Waals surface area contributed by atoms with Crippen LogP contribution in [0.4, 0.5) is 8.78 Å². The lowest BCUT2D eigenvalue weighted by atomic mass is 9.92. The molecule has 0 spiro atoms. The summed E-state index contributed by atoms with van der Waals surface area (Å²) >= 11 is 0. The monoisotopic (exact) mass is 264 g/mol. The number of carbonyl (C=O) groups is 1. The normalized spacial score (nSPS) is 21.6. The molecular weight excluding hydrogens is 242 g/mol. The van der Waals surface area contributed by atoms with Crippen LogP contribution in [0.3, 0.4) is 0 Å². The summed E-state index contributed by atoms with van der Waals surface area (Å²) in [6.45, 7) is 1.77. The lowest BCUT2D eigenvalue weighted by molar-refractivity contribution is -0.301. The molecule has 0 heterocycles. The van der Waals surface area contributed by atoms with E-state index in [2.05, 4.69) is 0 Å². The van der Waals surface area contributed by atoms with Crippen molar-refractivity contribution in [2.75, 3.05) is 0 Å². The van der Waals surface area contributed by atoms with E-state index in [1.807, 2.05) is 0 Å². The van der Waals surface area contributed by atoms with Crippen LogP contribution < -0.4 is 0 Å². The Morgan fingerprint density at radius 3 is 2.50 bits per heavy atom. The van der Waals surface area contributed by atoms with E-state index >= 15 is 0 Å². The minimum Gasteiger partial charge on any atom is -0.361 e. The van der Waals surface area contributed by atoms with Gasteiger partial charge in [0.25, 0.3) is 5.92 Å². The van der Waals surface area contributed by atoms with Gasteiger partial charge in [-0.1, -0.05) is 13.3 Å². The van der Waals surface area contributed by atoms with Gasteiger partial charge in [-0.05, 0) is 25.2 Å². The molecule has 0 aliphatic heterocycles. The molecule has 1 aliphatic rings. The van der Waals surface area contributed by atoms with Crippen molar-refractivity contribution in [3.8, 4) is 0 Å². The second-order valence-corrected chi connectivity index (χ2v) is 5.31. The summed E-state index contributed by atoms with van der Waals surface area (Å²) in [5.41, 5.74) is 0. The molecule has 1 rings (SSSR count). The third kappa shape index (κ3) is 3.99. The number of hydrogen-bond donors (Lipinski definition) is 2. The third-order valence-electron chi connectivity index (χ3n) is 3.68. The maximum absolute atomic E-state index is 13.6. The van der Waals surface area contributed by atoms with Gasteiger partial charge < -0.3 is 10.2 Å². The van der Waals surface area contributed by atoms with E-state index in [9.17, 15) is 23.8 Å². The summed E-state index contributed by atoms with van der Waals surface area (Å²) in [6.07, 6.45) is 1.77. The summed E-state index contributed by atoms with van der Waals surface area (Å²) < 4.78 is 27.1. The van der Waals surface area contributed by atoms with Crippen LogP contribution in [0.15, 0.2) is 0 Å². The van der Waals surface area contributed by atoms with Crippen LogP contribution in [0.25, 0.3) is 0 Å². The van der Waals surface area contributed by atoms with Crippen LogP contribution >= 0.6 is 0 Å². The molecule has 1 atom stereocenters. The van der Waals surface area contributed by atoms with Gasteiger partial charge in [0.15, 0.2) is 0 Å². The Balaban J connectivity index is 2.44. The molecule has 5 heteroatoms. The molecule has 0 bridgehead atoms. The van der Waals surface area contributed by atoms with Crippen molar-refractivity contribution >= 4 is 5.78 Å². The van der Waals surface area contributed by atoms with Crippen molar-refractivity contribution in [2.45, 2.75) is 70.0 Å². The Hall–Kier alpha value is -0.550. The number of unbranched alkanes of at least 4 members (excludes halogenated alkanes) is 1. The van der Waals surface area contributed by atoms with Gasteiger partial charge in [0.1, 0.15) is 5.78 Å². The Kier molecular flexibility index (Phi) is 5.22. The summed E-state index contributed by atoms with van der Waals surface area (Å²) in [7, 11) is 0. The zero-order valence-electron chi connectivity index (χ0n) is 10.8. The molecule has 1 unspecified atom stereocenters. The largest absolute Gasteiger partial charge is 0.361 e. The van der Waals surface area contributed by atoms with Gasteiger partial charge in [0.05, 0.1) is 0 Å². The molecule has 2 N–H and O–H groups in total. The first-order valence-corrected chi connectivity index (χ1v) is 6.63. The van der Waals surface area contributed by atoms with Crippen LogP contribution in [-0.4, -0.2) is 27.7 Å². The number of ketones is 1. The van der Waals surface area contributed by atoms with Crippen molar-refractivity contribution < 1.29 is 23.8 Å². The number of carbonyl (C=O) groups excluding carboxylic acids is 1. The molecule has 0 radical (unpaired) electrons. The van der Waals surface area contributed by atoms with E-state index in [4.69, 9.17) is 0 Å². The molecular formula is C13H22F2O3. The smallest absolute Gasteiger partial charge is 0.300 e. The third-order valence-corrected chi connectivity index (χ3v) is 3.68. The van der Waals surface area contributed by atoms with Gasteiger partial charge in [-0.3, -0.25) is 4.79 Å². The highest BCUT2D eigenvalue weighted by atomic mass is 19.3. The Morgan fingerprint density at radius 1 is 1.33 bits per heavy atom. The predicted molar refractivity (Wildman–Crippen MR) is 63.2 cm³/mol. The highest BCUT2D eigenvalue weighted by Gasteiger charge is 2.50. The molecule has 0 amide bonds. The second-order valence-electron chi connectivity index (χ2n) is 5.31. The van der Waals surface area contributed by atoms with Gasteiger partial charge in [-0.15, -0.1) is 0 Å². The number of halogens is 2. The van der Waals surface area contributed by atoms with E-state index in [0.717, 1.165) is 0 Å². The van der Waals surface area contributed by atoms with Crippen LogP contribution in [0.2, 0.25) is 0 Å². The van der Waals surface area contributed by atoms with Crippen LogP contribution in [0.5, 0.6) is 0 Å². The zero-order chi connectivity index (χ0) is 13.8. The average molecular weight is 264 g/mol. The minimum atomic E-state index is -3.48. The first kappa shape index (κ1) is 15.5. The van der Waals surface area contributed by atoms with E-state index < -0.39 is 18.1 Å². The van der Waals surface area contributed by atoms with Gasteiger partial charge in [-0.2, -0.15) is 0 Å². The van der Waals surface area contributed by atoms with Gasteiger partial charge in [0, 0.05) is 25.7 Å². The molecule has 1 aliphatic carbocycles. The first-order chi connectivity index (χ1) is 8.28. The zero-order valence-corrected chi connectivity index (χ0v) is 10.8. The van der Waals surface area contributed by atoms with E-state index in [1.54, 1.807) is 6.92 Å². The summed E-state index contributed by atoms with van der Waals surface area (Å²) in [4.78, 5) is 11.0. The number of aliphatic hydroxyl groups is 2. The van der Waals surface area contributed by atoms with Gasteiger partial charge in [-0.25, -0.2) is 8.78 Å². The van der Waals surface area contributed by atoms with E-state index in [0.29, 0.717) is 25.7 Å². The minimum absolute atomic E-state index is 0.0261. The number of rotatable bonds is 7. The molecule has 0 aromatic rings.